The van der Waals surface area contributed by atoms with E-state index in [4.69, 9.17) is 9.47 Å². The van der Waals surface area contributed by atoms with Gasteiger partial charge in [0.2, 0.25) is 0 Å². The minimum atomic E-state index is 0. The largest absolute Gasteiger partial charge is 0.486 e. The smallest absolute Gasteiger partial charge is 0.161 e. The zero-order valence-electron chi connectivity index (χ0n) is 31.2. The molecule has 270 valence electrons. The summed E-state index contributed by atoms with van der Waals surface area (Å²) in [4.78, 5) is 10.5. The van der Waals surface area contributed by atoms with Crippen LogP contribution in [0.5, 0.6) is 11.5 Å². The molecule has 0 bridgehead atoms. The molecule has 4 aromatic carbocycles. The van der Waals surface area contributed by atoms with Crippen LogP contribution in [0.3, 0.4) is 0 Å². The first-order chi connectivity index (χ1) is 24.0. The molecule has 6 heteroatoms. The van der Waals surface area contributed by atoms with E-state index in [1.165, 1.54) is 44.1 Å². The number of aromatic amines is 2. The summed E-state index contributed by atoms with van der Waals surface area (Å²) in [5.74, 6) is 4.11. The van der Waals surface area contributed by atoms with Crippen LogP contribution >= 0.6 is 0 Å². The van der Waals surface area contributed by atoms with E-state index in [0.29, 0.717) is 36.9 Å². The third-order valence-corrected chi connectivity index (χ3v) is 9.16. The number of imidazole rings is 1. The molecule has 0 fully saturated rings. The van der Waals surface area contributed by atoms with E-state index in [1.54, 1.807) is 6.33 Å². The molecule has 0 atom stereocenters. The average Bonchev–Trinajstić information content (AvgIpc) is 3.88. The molecule has 0 radical (unpaired) electrons. The molecule has 0 saturated carbocycles. The van der Waals surface area contributed by atoms with Gasteiger partial charge in [-0.2, -0.15) is 0 Å². The predicted octanol–water partition coefficient (Wildman–Crippen LogP) is 12.5. The molecule has 7 aromatic rings. The van der Waals surface area contributed by atoms with E-state index in [2.05, 4.69) is 167 Å². The molecule has 1 aliphatic rings. The van der Waals surface area contributed by atoms with Crippen molar-refractivity contribution in [3.63, 3.8) is 0 Å². The first kappa shape index (κ1) is 38.8. The zero-order valence-corrected chi connectivity index (χ0v) is 31.2. The summed E-state index contributed by atoms with van der Waals surface area (Å²) in [6.07, 6.45) is 5.82. The van der Waals surface area contributed by atoms with Crippen molar-refractivity contribution in [2.24, 2.45) is 7.05 Å². The minimum absolute atomic E-state index is 0. The summed E-state index contributed by atoms with van der Waals surface area (Å²) in [5.41, 5.74) is 10.2. The first-order valence-electron chi connectivity index (χ1n) is 17.9. The Hall–Kier alpha value is -4.97. The zero-order chi connectivity index (χ0) is 35.8. The molecular formula is C45H58N4O2. The lowest BCUT2D eigenvalue weighted by atomic mass is 10.0. The van der Waals surface area contributed by atoms with Crippen molar-refractivity contribution >= 4 is 32.8 Å². The van der Waals surface area contributed by atoms with Crippen molar-refractivity contribution in [3.05, 3.63) is 126 Å². The highest BCUT2D eigenvalue weighted by Gasteiger charge is 2.12. The summed E-state index contributed by atoms with van der Waals surface area (Å²) in [6, 6.07) is 30.0. The summed E-state index contributed by atoms with van der Waals surface area (Å²) in [7, 11) is 2.08. The number of nitrogens with one attached hydrogen (secondary N) is 2. The van der Waals surface area contributed by atoms with Crippen LogP contribution in [0.15, 0.2) is 104 Å². The van der Waals surface area contributed by atoms with Crippen molar-refractivity contribution in [1.29, 1.82) is 0 Å². The highest BCUT2D eigenvalue weighted by atomic mass is 16.6. The van der Waals surface area contributed by atoms with Crippen molar-refractivity contribution in [2.45, 2.75) is 86.5 Å². The predicted molar refractivity (Wildman–Crippen MR) is 218 cm³/mol. The van der Waals surface area contributed by atoms with E-state index >= 15 is 0 Å². The molecule has 51 heavy (non-hydrogen) atoms. The van der Waals surface area contributed by atoms with E-state index in [9.17, 15) is 0 Å². The van der Waals surface area contributed by atoms with Gasteiger partial charge in [-0.1, -0.05) is 87.1 Å². The summed E-state index contributed by atoms with van der Waals surface area (Å²) < 4.78 is 13.1. The molecule has 2 N–H and O–H groups in total. The van der Waals surface area contributed by atoms with Gasteiger partial charge in [-0.3, -0.25) is 0 Å². The van der Waals surface area contributed by atoms with Gasteiger partial charge in [0, 0.05) is 30.5 Å². The van der Waals surface area contributed by atoms with Crippen LogP contribution in [0, 0.1) is 0 Å². The standard InChI is InChI=1S/C12H15N.C11H13N.C11H14O2.C10H12N2.CH4/c1-9(2)10-4-5-12-11(8-10)6-7-13(12)3;1-8(2)9-3-4-11-10(7-9)5-6-12-11;1-8(2)9-3-4-10-11(7-9)13-6-5-12-10;1-7(2)8-3-4-9-10(5-8)12-6-11-9;/h4-9H,1-3H3;3-8,12H,1-2H3;3-4,7-8H,5-6H2,1-2H3;3-7H,1-2H3,(H,11,12);1H4. The van der Waals surface area contributed by atoms with Gasteiger partial charge in [-0.15, -0.1) is 0 Å². The average molecular weight is 687 g/mol. The quantitative estimate of drug-likeness (QED) is 0.194. The van der Waals surface area contributed by atoms with Crippen LogP contribution in [0.1, 0.15) is 109 Å². The second-order valence-electron chi connectivity index (χ2n) is 14.3. The Morgan fingerprint density at radius 2 is 1.14 bits per heavy atom. The molecule has 3 aromatic heterocycles. The normalized spacial score (nSPS) is 11.9. The van der Waals surface area contributed by atoms with Crippen LogP contribution in [0.4, 0.5) is 0 Å². The number of hydrogen-bond donors (Lipinski definition) is 2. The lowest BCUT2D eigenvalue weighted by Gasteiger charge is -2.19. The highest BCUT2D eigenvalue weighted by Crippen LogP contribution is 2.33. The molecule has 1 aliphatic heterocycles. The molecule has 4 heterocycles. The van der Waals surface area contributed by atoms with Crippen LogP contribution in [-0.4, -0.2) is 32.7 Å². The lowest BCUT2D eigenvalue weighted by molar-refractivity contribution is 0.171. The first-order valence-corrected chi connectivity index (χ1v) is 17.9. The fourth-order valence-electron chi connectivity index (χ4n) is 5.82. The second kappa shape index (κ2) is 17.8. The van der Waals surface area contributed by atoms with Gasteiger partial charge >= 0.3 is 0 Å². The molecule has 0 aliphatic carbocycles. The Morgan fingerprint density at radius 1 is 0.569 bits per heavy atom. The Balaban J connectivity index is 0.000000152. The van der Waals surface area contributed by atoms with Crippen LogP contribution in [0.2, 0.25) is 0 Å². The minimum Gasteiger partial charge on any atom is -0.486 e. The van der Waals surface area contributed by atoms with E-state index in [-0.39, 0.29) is 7.43 Å². The monoisotopic (exact) mass is 686 g/mol. The van der Waals surface area contributed by atoms with Gasteiger partial charge in [0.25, 0.3) is 0 Å². The maximum Gasteiger partial charge on any atom is 0.161 e. The topological polar surface area (TPSA) is 67.9 Å². The Morgan fingerprint density at radius 3 is 1.82 bits per heavy atom. The number of hydrogen-bond acceptors (Lipinski definition) is 3. The second-order valence-corrected chi connectivity index (χ2v) is 14.3. The number of fused-ring (bicyclic) bond motifs is 4. The number of aromatic nitrogens is 4. The Labute approximate surface area is 305 Å². The third kappa shape index (κ3) is 10.1. The lowest BCUT2D eigenvalue weighted by Crippen LogP contribution is -2.15. The van der Waals surface area contributed by atoms with E-state index < -0.39 is 0 Å². The maximum atomic E-state index is 5.49. The van der Waals surface area contributed by atoms with E-state index in [0.717, 1.165) is 22.5 Å². The summed E-state index contributed by atoms with van der Waals surface area (Å²) in [6.45, 7) is 18.9. The van der Waals surface area contributed by atoms with Gasteiger partial charge < -0.3 is 24.0 Å². The van der Waals surface area contributed by atoms with Gasteiger partial charge in [-0.25, -0.2) is 4.98 Å². The van der Waals surface area contributed by atoms with E-state index in [1.807, 2.05) is 12.3 Å². The van der Waals surface area contributed by atoms with Gasteiger partial charge in [0.05, 0.1) is 17.4 Å². The van der Waals surface area contributed by atoms with Crippen molar-refractivity contribution in [2.75, 3.05) is 13.2 Å². The number of ether oxygens (including phenoxy) is 2. The van der Waals surface area contributed by atoms with Crippen molar-refractivity contribution < 1.29 is 9.47 Å². The number of nitrogens with zero attached hydrogens (tertiary/aromatic N) is 2. The molecule has 0 saturated heterocycles. The molecule has 0 spiro atoms. The Kier molecular flexibility index (Phi) is 13.6. The fraction of sp³-hybridized carbons (Fsp3) is 0.356. The number of aryl methyl sites for hydroxylation is 1. The number of benzene rings is 4. The summed E-state index contributed by atoms with van der Waals surface area (Å²) in [5, 5.41) is 2.65. The van der Waals surface area contributed by atoms with Gasteiger partial charge in [0.15, 0.2) is 11.5 Å². The third-order valence-electron chi connectivity index (χ3n) is 9.16. The SMILES string of the molecule is C.CC(C)c1ccc2[nH]ccc2c1.CC(C)c1ccc2c(c1)OCCO2.CC(C)c1ccc2c(ccn2C)c1.CC(C)c1ccc2nc[nH]c2c1. The maximum absolute atomic E-state index is 5.49. The Bertz CT molecular complexity index is 2030. The fourth-order valence-corrected chi connectivity index (χ4v) is 5.82. The van der Waals surface area contributed by atoms with Crippen molar-refractivity contribution in [1.82, 2.24) is 19.5 Å². The number of H-pyrrole nitrogens is 2. The molecule has 0 amide bonds. The molecular weight excluding hydrogens is 629 g/mol. The highest BCUT2D eigenvalue weighted by molar-refractivity contribution is 5.81. The summed E-state index contributed by atoms with van der Waals surface area (Å²) >= 11 is 0. The van der Waals surface area contributed by atoms with Gasteiger partial charge in [0.1, 0.15) is 13.2 Å². The van der Waals surface area contributed by atoms with Crippen LogP contribution in [0.25, 0.3) is 32.8 Å². The van der Waals surface area contributed by atoms with Gasteiger partial charge in [-0.05, 0) is 117 Å². The number of rotatable bonds is 4. The molecule has 6 nitrogen and oxygen atoms in total. The van der Waals surface area contributed by atoms with Crippen LogP contribution in [-0.2, 0) is 7.05 Å². The van der Waals surface area contributed by atoms with Crippen LogP contribution < -0.4 is 9.47 Å². The van der Waals surface area contributed by atoms with Crippen molar-refractivity contribution in [3.8, 4) is 11.5 Å². The molecule has 0 unspecified atom stereocenters. The molecule has 8 rings (SSSR count).